The number of rotatable bonds is 4. The Labute approximate surface area is 119 Å². The molecular formula is C14H11N3O2S. The van der Waals surface area contributed by atoms with Crippen molar-refractivity contribution in [1.29, 1.82) is 0 Å². The van der Waals surface area contributed by atoms with Gasteiger partial charge in [-0.1, -0.05) is 35.5 Å². The molecule has 3 aromatic rings. The molecule has 1 aromatic carbocycles. The summed E-state index contributed by atoms with van der Waals surface area (Å²) in [4.78, 5) is 20.7. The molecule has 5 nitrogen and oxygen atoms in total. The second-order valence-electron chi connectivity index (χ2n) is 4.28. The third kappa shape index (κ3) is 2.37. The van der Waals surface area contributed by atoms with Crippen molar-refractivity contribution in [2.45, 2.75) is 12.8 Å². The summed E-state index contributed by atoms with van der Waals surface area (Å²) in [6, 6.07) is 9.07. The van der Waals surface area contributed by atoms with Crippen LogP contribution in [-0.4, -0.2) is 20.9 Å². The maximum Gasteiger partial charge on any atom is 0.237 e. The molecule has 0 saturated heterocycles. The lowest BCUT2D eigenvalue weighted by molar-refractivity contribution is 0.0951. The number of carbonyl (C=O) groups is 1. The molecule has 0 spiro atoms. The number of hydrogen-bond donors (Lipinski definition) is 0. The van der Waals surface area contributed by atoms with E-state index in [0.717, 1.165) is 0 Å². The summed E-state index contributed by atoms with van der Waals surface area (Å²) in [7, 11) is 0. The van der Waals surface area contributed by atoms with Crippen molar-refractivity contribution in [3.63, 3.8) is 0 Å². The minimum Gasteiger partial charge on any atom is -0.338 e. The summed E-state index contributed by atoms with van der Waals surface area (Å²) in [6.45, 7) is 1.76. The van der Waals surface area contributed by atoms with Gasteiger partial charge in [0.2, 0.25) is 11.7 Å². The lowest BCUT2D eigenvalue weighted by Crippen LogP contribution is -2.09. The van der Waals surface area contributed by atoms with Crippen molar-refractivity contribution in [1.82, 2.24) is 15.1 Å². The van der Waals surface area contributed by atoms with E-state index in [0.29, 0.717) is 23.0 Å². The molecule has 0 radical (unpaired) electrons. The van der Waals surface area contributed by atoms with Crippen LogP contribution >= 0.6 is 11.3 Å². The van der Waals surface area contributed by atoms with Crippen molar-refractivity contribution in [3.8, 4) is 11.5 Å². The Bertz CT molecular complexity index is 707. The Morgan fingerprint density at radius 2 is 2.10 bits per heavy atom. The molecule has 0 saturated carbocycles. The topological polar surface area (TPSA) is 68.9 Å². The molecule has 0 aliphatic heterocycles. The van der Waals surface area contributed by atoms with Crippen LogP contribution in [0.3, 0.4) is 0 Å². The fourth-order valence-corrected chi connectivity index (χ4v) is 2.33. The van der Waals surface area contributed by atoms with Crippen LogP contribution in [0.2, 0.25) is 0 Å². The van der Waals surface area contributed by atoms with Gasteiger partial charge in [-0.3, -0.25) is 4.79 Å². The van der Waals surface area contributed by atoms with Crippen LogP contribution in [-0.2, 0) is 0 Å². The van der Waals surface area contributed by atoms with Gasteiger partial charge in [-0.05, 0) is 6.92 Å². The molecule has 0 amide bonds. The second-order valence-corrected chi connectivity index (χ2v) is 5.00. The largest absolute Gasteiger partial charge is 0.338 e. The van der Waals surface area contributed by atoms with Gasteiger partial charge in [0.1, 0.15) is 5.69 Å². The lowest BCUT2D eigenvalue weighted by atomic mass is 9.99. The summed E-state index contributed by atoms with van der Waals surface area (Å²) in [5.41, 5.74) is 2.99. The highest BCUT2D eigenvalue weighted by atomic mass is 32.1. The van der Waals surface area contributed by atoms with Crippen molar-refractivity contribution < 1.29 is 9.32 Å². The Kier molecular flexibility index (Phi) is 3.39. The van der Waals surface area contributed by atoms with Crippen molar-refractivity contribution >= 4 is 17.1 Å². The van der Waals surface area contributed by atoms with E-state index in [-0.39, 0.29) is 5.78 Å². The highest BCUT2D eigenvalue weighted by molar-refractivity contribution is 7.07. The van der Waals surface area contributed by atoms with Gasteiger partial charge in [0, 0.05) is 10.9 Å². The molecule has 3 rings (SSSR count). The zero-order valence-corrected chi connectivity index (χ0v) is 11.5. The average Bonchev–Trinajstić information content (AvgIpc) is 3.17. The van der Waals surface area contributed by atoms with Crippen LogP contribution in [0.4, 0.5) is 0 Å². The van der Waals surface area contributed by atoms with Crippen LogP contribution in [0.5, 0.6) is 0 Å². The first-order valence-corrected chi connectivity index (χ1v) is 7.01. The van der Waals surface area contributed by atoms with E-state index in [4.69, 9.17) is 4.52 Å². The van der Waals surface area contributed by atoms with E-state index >= 15 is 0 Å². The molecule has 20 heavy (non-hydrogen) atoms. The standard InChI is InChI=1S/C14H11N3O2S/c1-9(12(18)10-5-3-2-4-6-10)14-16-13(17-19-14)11-7-20-8-15-11/h2-9H,1H3. The molecule has 0 N–H and O–H groups in total. The van der Waals surface area contributed by atoms with Crippen LogP contribution in [0.1, 0.15) is 29.1 Å². The Morgan fingerprint density at radius 1 is 1.30 bits per heavy atom. The first-order chi connectivity index (χ1) is 9.75. The summed E-state index contributed by atoms with van der Waals surface area (Å²) in [6.07, 6.45) is 0. The zero-order chi connectivity index (χ0) is 13.9. The van der Waals surface area contributed by atoms with Gasteiger partial charge < -0.3 is 4.52 Å². The zero-order valence-electron chi connectivity index (χ0n) is 10.7. The predicted octanol–water partition coefficient (Wildman–Crippen LogP) is 3.18. The van der Waals surface area contributed by atoms with Crippen molar-refractivity contribution in [2.75, 3.05) is 0 Å². The van der Waals surface area contributed by atoms with Crippen LogP contribution in [0, 0.1) is 0 Å². The Balaban J connectivity index is 1.84. The number of thiazole rings is 1. The number of aromatic nitrogens is 3. The molecule has 0 fully saturated rings. The second kappa shape index (κ2) is 5.34. The maximum atomic E-state index is 12.3. The van der Waals surface area contributed by atoms with E-state index in [9.17, 15) is 4.79 Å². The minimum absolute atomic E-state index is 0.0425. The van der Waals surface area contributed by atoms with Gasteiger partial charge in [0.25, 0.3) is 0 Å². The summed E-state index contributed by atoms with van der Waals surface area (Å²) >= 11 is 1.46. The number of nitrogens with zero attached hydrogens (tertiary/aromatic N) is 3. The molecule has 0 aliphatic rings. The van der Waals surface area contributed by atoms with E-state index in [2.05, 4.69) is 15.1 Å². The van der Waals surface area contributed by atoms with Gasteiger partial charge in [0.15, 0.2) is 5.78 Å². The highest BCUT2D eigenvalue weighted by Gasteiger charge is 2.23. The molecule has 2 heterocycles. The molecule has 2 aromatic heterocycles. The third-order valence-electron chi connectivity index (χ3n) is 2.93. The van der Waals surface area contributed by atoms with Gasteiger partial charge in [-0.25, -0.2) is 4.98 Å². The summed E-state index contributed by atoms with van der Waals surface area (Å²) in [5, 5.41) is 5.69. The van der Waals surface area contributed by atoms with Gasteiger partial charge in [-0.15, -0.1) is 11.3 Å². The molecule has 1 unspecified atom stereocenters. The Morgan fingerprint density at radius 3 is 2.80 bits per heavy atom. The molecule has 0 bridgehead atoms. The fourth-order valence-electron chi connectivity index (χ4n) is 1.80. The molecular weight excluding hydrogens is 274 g/mol. The normalized spacial score (nSPS) is 12.2. The number of benzene rings is 1. The first kappa shape index (κ1) is 12.7. The molecule has 6 heteroatoms. The van der Waals surface area contributed by atoms with Gasteiger partial charge in [0.05, 0.1) is 11.4 Å². The Hall–Kier alpha value is -2.34. The van der Waals surface area contributed by atoms with Crippen LogP contribution in [0.15, 0.2) is 45.7 Å². The fraction of sp³-hybridized carbons (Fsp3) is 0.143. The van der Waals surface area contributed by atoms with E-state index in [1.54, 1.807) is 24.6 Å². The monoisotopic (exact) mass is 285 g/mol. The van der Waals surface area contributed by atoms with E-state index < -0.39 is 5.92 Å². The average molecular weight is 285 g/mol. The maximum absolute atomic E-state index is 12.3. The smallest absolute Gasteiger partial charge is 0.237 e. The van der Waals surface area contributed by atoms with Crippen LogP contribution < -0.4 is 0 Å². The van der Waals surface area contributed by atoms with Crippen molar-refractivity contribution in [3.05, 3.63) is 52.7 Å². The number of hydrogen-bond acceptors (Lipinski definition) is 6. The SMILES string of the molecule is CC(C(=O)c1ccccc1)c1nc(-c2cscn2)no1. The molecule has 1 atom stereocenters. The van der Waals surface area contributed by atoms with E-state index in [1.807, 2.05) is 23.6 Å². The molecule has 100 valence electrons. The summed E-state index contributed by atoms with van der Waals surface area (Å²) < 4.78 is 5.18. The number of Topliss-reactive ketones (excluding diaryl/α,β-unsaturated/α-hetero) is 1. The van der Waals surface area contributed by atoms with Gasteiger partial charge >= 0.3 is 0 Å². The van der Waals surface area contributed by atoms with Gasteiger partial charge in [-0.2, -0.15) is 4.98 Å². The van der Waals surface area contributed by atoms with Crippen molar-refractivity contribution in [2.24, 2.45) is 0 Å². The van der Waals surface area contributed by atoms with E-state index in [1.165, 1.54) is 11.3 Å². The number of ketones is 1. The third-order valence-corrected chi connectivity index (χ3v) is 3.51. The minimum atomic E-state index is -0.475. The first-order valence-electron chi connectivity index (χ1n) is 6.07. The highest BCUT2D eigenvalue weighted by Crippen LogP contribution is 2.22. The predicted molar refractivity (Wildman–Crippen MR) is 74.6 cm³/mol. The quantitative estimate of drug-likeness (QED) is 0.689. The number of carbonyl (C=O) groups excluding carboxylic acids is 1. The molecule has 0 aliphatic carbocycles. The lowest BCUT2D eigenvalue weighted by Gasteiger charge is -2.04. The summed E-state index contributed by atoms with van der Waals surface area (Å²) in [5.74, 6) is 0.201. The van der Waals surface area contributed by atoms with Crippen LogP contribution in [0.25, 0.3) is 11.5 Å².